The van der Waals surface area contributed by atoms with Gasteiger partial charge in [0.25, 0.3) is 0 Å². The number of esters is 1. The molecule has 1 aliphatic rings. The van der Waals surface area contributed by atoms with E-state index >= 15 is 0 Å². The summed E-state index contributed by atoms with van der Waals surface area (Å²) in [7, 11) is 0. The van der Waals surface area contributed by atoms with Gasteiger partial charge in [-0.2, -0.15) is 0 Å². The predicted octanol–water partition coefficient (Wildman–Crippen LogP) is -0.0743. The monoisotopic (exact) mass is 188 g/mol. The van der Waals surface area contributed by atoms with E-state index in [4.69, 9.17) is 4.74 Å². The molecule has 0 saturated carbocycles. The second-order valence-electron chi connectivity index (χ2n) is 3.77. The lowest BCUT2D eigenvalue weighted by Gasteiger charge is -2.23. The molecule has 1 rings (SSSR count). The number of hydrogen-bond acceptors (Lipinski definition) is 4. The van der Waals surface area contributed by atoms with Crippen LogP contribution in [-0.2, 0) is 9.53 Å². The summed E-state index contributed by atoms with van der Waals surface area (Å²) >= 11 is 0. The van der Waals surface area contributed by atoms with Crippen molar-refractivity contribution in [2.45, 2.75) is 39.1 Å². The first-order chi connectivity index (χ1) is 5.95. The van der Waals surface area contributed by atoms with E-state index in [-0.39, 0.29) is 5.92 Å². The van der Waals surface area contributed by atoms with Crippen molar-refractivity contribution >= 4 is 5.97 Å². The molecule has 13 heavy (non-hydrogen) atoms. The molecule has 0 radical (unpaired) electrons. The molecule has 0 bridgehead atoms. The summed E-state index contributed by atoms with van der Waals surface area (Å²) in [5.74, 6) is -1.34. The Kier molecular flexibility index (Phi) is 2.93. The van der Waals surface area contributed by atoms with Crippen LogP contribution in [0.3, 0.4) is 0 Å². The van der Waals surface area contributed by atoms with Gasteiger partial charge in [0, 0.05) is 5.92 Å². The van der Waals surface area contributed by atoms with Gasteiger partial charge in [0.15, 0.2) is 0 Å². The van der Waals surface area contributed by atoms with Crippen LogP contribution in [-0.4, -0.2) is 34.5 Å². The van der Waals surface area contributed by atoms with E-state index in [0.717, 1.165) is 0 Å². The fraction of sp³-hybridized carbons (Fsp3) is 0.889. The highest BCUT2D eigenvalue weighted by atomic mass is 16.6. The molecule has 0 aromatic heterocycles. The molecule has 1 fully saturated rings. The van der Waals surface area contributed by atoms with Crippen LogP contribution in [0.1, 0.15) is 20.8 Å². The van der Waals surface area contributed by atoms with Gasteiger partial charge in [-0.25, -0.2) is 0 Å². The fourth-order valence-corrected chi connectivity index (χ4v) is 1.58. The number of hydrogen-bond donors (Lipinski definition) is 2. The van der Waals surface area contributed by atoms with Crippen LogP contribution >= 0.6 is 0 Å². The van der Waals surface area contributed by atoms with E-state index in [0.29, 0.717) is 0 Å². The van der Waals surface area contributed by atoms with Crippen LogP contribution in [0.25, 0.3) is 0 Å². The van der Waals surface area contributed by atoms with Gasteiger partial charge in [-0.15, -0.1) is 0 Å². The van der Waals surface area contributed by atoms with Crippen molar-refractivity contribution in [2.24, 2.45) is 11.8 Å². The van der Waals surface area contributed by atoms with Crippen LogP contribution < -0.4 is 0 Å². The van der Waals surface area contributed by atoms with Gasteiger partial charge in [-0.3, -0.25) is 4.79 Å². The number of cyclic esters (lactones) is 1. The second kappa shape index (κ2) is 3.64. The Hall–Kier alpha value is -0.610. The maximum absolute atomic E-state index is 11.2. The number of aliphatic hydroxyl groups is 2. The van der Waals surface area contributed by atoms with Gasteiger partial charge in [0.2, 0.25) is 0 Å². The van der Waals surface area contributed by atoms with Gasteiger partial charge >= 0.3 is 5.97 Å². The van der Waals surface area contributed by atoms with E-state index in [1.54, 1.807) is 20.8 Å². The van der Waals surface area contributed by atoms with Gasteiger partial charge in [-0.1, -0.05) is 6.92 Å². The molecule has 0 spiro atoms. The summed E-state index contributed by atoms with van der Waals surface area (Å²) in [6.07, 6.45) is -2.15. The van der Waals surface area contributed by atoms with E-state index in [9.17, 15) is 15.0 Å². The van der Waals surface area contributed by atoms with Gasteiger partial charge in [0.1, 0.15) is 6.10 Å². The molecule has 4 nitrogen and oxygen atoms in total. The van der Waals surface area contributed by atoms with Crippen LogP contribution in [0.5, 0.6) is 0 Å². The Balaban J connectivity index is 2.85. The third-order valence-electron chi connectivity index (χ3n) is 2.74. The Morgan fingerprint density at radius 3 is 2.23 bits per heavy atom. The number of carbonyl (C=O) groups is 1. The van der Waals surface area contributed by atoms with Crippen LogP contribution in [0.15, 0.2) is 0 Å². The third-order valence-corrected chi connectivity index (χ3v) is 2.74. The smallest absolute Gasteiger partial charge is 0.311 e. The number of ether oxygens (including phenoxy) is 1. The lowest BCUT2D eigenvalue weighted by Crippen LogP contribution is -2.36. The average molecular weight is 188 g/mol. The Morgan fingerprint density at radius 1 is 1.15 bits per heavy atom. The zero-order valence-corrected chi connectivity index (χ0v) is 8.10. The van der Waals surface area contributed by atoms with E-state index < -0.39 is 30.2 Å². The molecule has 4 heteroatoms. The molecule has 0 aromatic rings. The topological polar surface area (TPSA) is 66.8 Å². The number of aliphatic hydroxyl groups excluding tert-OH is 2. The summed E-state index contributed by atoms with van der Waals surface area (Å²) in [6.45, 7) is 4.95. The molecule has 0 amide bonds. The van der Waals surface area contributed by atoms with Crippen molar-refractivity contribution in [1.82, 2.24) is 0 Å². The van der Waals surface area contributed by atoms with E-state index in [2.05, 4.69) is 0 Å². The Labute approximate surface area is 77.5 Å². The summed E-state index contributed by atoms with van der Waals surface area (Å²) in [5, 5.41) is 19.2. The van der Waals surface area contributed by atoms with E-state index in [1.165, 1.54) is 0 Å². The minimum Gasteiger partial charge on any atom is -0.460 e. The Morgan fingerprint density at radius 2 is 1.69 bits per heavy atom. The van der Waals surface area contributed by atoms with Gasteiger partial charge in [0.05, 0.1) is 18.1 Å². The van der Waals surface area contributed by atoms with Crippen molar-refractivity contribution in [3.63, 3.8) is 0 Å². The zero-order chi connectivity index (χ0) is 10.2. The van der Waals surface area contributed by atoms with Crippen molar-refractivity contribution < 1.29 is 19.7 Å². The second-order valence-corrected chi connectivity index (χ2v) is 3.77. The predicted molar refractivity (Wildman–Crippen MR) is 45.9 cm³/mol. The summed E-state index contributed by atoms with van der Waals surface area (Å²) in [5.41, 5.74) is 0. The van der Waals surface area contributed by atoms with Gasteiger partial charge < -0.3 is 14.9 Å². The molecule has 1 unspecified atom stereocenters. The largest absolute Gasteiger partial charge is 0.460 e. The highest BCUT2D eigenvalue weighted by molar-refractivity contribution is 5.73. The summed E-state index contributed by atoms with van der Waals surface area (Å²) in [6, 6.07) is 0. The Bertz CT molecular complexity index is 204. The first kappa shape index (κ1) is 10.5. The minimum atomic E-state index is -0.826. The highest BCUT2D eigenvalue weighted by Crippen LogP contribution is 2.25. The first-order valence-electron chi connectivity index (χ1n) is 4.51. The molecule has 76 valence electrons. The molecular formula is C9H16O4. The SMILES string of the molecule is CC1OC(=O)[C@@H](C)[C@H](O)[C@H](C)[C@H]1O. The number of rotatable bonds is 0. The van der Waals surface area contributed by atoms with E-state index in [1.807, 2.05) is 0 Å². The van der Waals surface area contributed by atoms with Crippen molar-refractivity contribution in [3.05, 3.63) is 0 Å². The third kappa shape index (κ3) is 1.84. The van der Waals surface area contributed by atoms with Crippen LogP contribution in [0.2, 0.25) is 0 Å². The maximum Gasteiger partial charge on any atom is 0.311 e. The summed E-state index contributed by atoms with van der Waals surface area (Å²) in [4.78, 5) is 11.2. The normalized spacial score (nSPS) is 46.8. The van der Waals surface area contributed by atoms with Crippen LogP contribution in [0.4, 0.5) is 0 Å². The molecule has 0 aromatic carbocycles. The molecule has 0 aliphatic carbocycles. The fourth-order valence-electron chi connectivity index (χ4n) is 1.58. The molecular weight excluding hydrogens is 172 g/mol. The molecule has 1 heterocycles. The molecule has 2 N–H and O–H groups in total. The standard InChI is InChI=1S/C9H16O4/c1-4-7(10)5(2)9(12)13-6(3)8(4)11/h4-8,10-11H,1-3H3/t4-,5-,6?,7+,8+/m0/s1. The van der Waals surface area contributed by atoms with Crippen molar-refractivity contribution in [2.75, 3.05) is 0 Å². The van der Waals surface area contributed by atoms with Crippen LogP contribution in [0, 0.1) is 11.8 Å². The zero-order valence-electron chi connectivity index (χ0n) is 8.10. The van der Waals surface area contributed by atoms with Crippen molar-refractivity contribution in [1.29, 1.82) is 0 Å². The lowest BCUT2D eigenvalue weighted by molar-refractivity contribution is -0.156. The molecule has 5 atom stereocenters. The van der Waals surface area contributed by atoms with Gasteiger partial charge in [-0.05, 0) is 13.8 Å². The average Bonchev–Trinajstić information content (AvgIpc) is 2.15. The maximum atomic E-state index is 11.2. The lowest BCUT2D eigenvalue weighted by atomic mass is 9.89. The first-order valence-corrected chi connectivity index (χ1v) is 4.51. The minimum absolute atomic E-state index is 0.337. The molecule has 1 saturated heterocycles. The summed E-state index contributed by atoms with van der Waals surface area (Å²) < 4.78 is 4.93. The van der Waals surface area contributed by atoms with Crippen molar-refractivity contribution in [3.8, 4) is 0 Å². The quantitative estimate of drug-likeness (QED) is 0.522. The highest BCUT2D eigenvalue weighted by Gasteiger charge is 2.39. The number of carbonyl (C=O) groups excluding carboxylic acids is 1. The molecule has 1 aliphatic heterocycles.